The predicted octanol–water partition coefficient (Wildman–Crippen LogP) is 2.51. The van der Waals surface area contributed by atoms with Crippen LogP contribution in [0.4, 0.5) is 0 Å². The molecule has 6 heteroatoms. The van der Waals surface area contributed by atoms with Gasteiger partial charge < -0.3 is 4.74 Å². The highest BCUT2D eigenvalue weighted by atomic mass is 16.5. The summed E-state index contributed by atoms with van der Waals surface area (Å²) in [6.07, 6.45) is 2.61. The number of aromatic nitrogens is 2. The Bertz CT molecular complexity index is 672. The van der Waals surface area contributed by atoms with Gasteiger partial charge in [0.2, 0.25) is 5.91 Å². The molecule has 23 heavy (non-hydrogen) atoms. The van der Waals surface area contributed by atoms with Crippen LogP contribution < -0.4 is 10.2 Å². The lowest BCUT2D eigenvalue weighted by Crippen LogP contribution is -2.18. The van der Waals surface area contributed by atoms with Gasteiger partial charge in [-0.25, -0.2) is 5.43 Å². The number of rotatable bonds is 7. The average molecular weight is 314 g/mol. The third-order valence-electron chi connectivity index (χ3n) is 3.49. The van der Waals surface area contributed by atoms with E-state index in [-0.39, 0.29) is 5.91 Å². The summed E-state index contributed by atoms with van der Waals surface area (Å²) in [5.74, 6) is 0.618. The topological polar surface area (TPSA) is 79.4 Å². The summed E-state index contributed by atoms with van der Waals surface area (Å²) in [7, 11) is 0. The van der Waals surface area contributed by atoms with Crippen molar-refractivity contribution in [3.8, 4) is 5.75 Å². The molecule has 0 saturated carbocycles. The number of nitrogens with one attached hydrogen (secondary N) is 2. The van der Waals surface area contributed by atoms with Crippen molar-refractivity contribution in [2.45, 2.75) is 33.6 Å². The van der Waals surface area contributed by atoms with Crippen LogP contribution in [-0.4, -0.2) is 28.9 Å². The fourth-order valence-electron chi connectivity index (χ4n) is 2.28. The molecule has 0 fully saturated rings. The Morgan fingerprint density at radius 1 is 1.39 bits per heavy atom. The number of hydrazone groups is 1. The maximum atomic E-state index is 11.9. The van der Waals surface area contributed by atoms with Crippen molar-refractivity contribution < 1.29 is 9.53 Å². The van der Waals surface area contributed by atoms with Crippen LogP contribution in [0.3, 0.4) is 0 Å². The Kier molecular flexibility index (Phi) is 5.91. The lowest BCUT2D eigenvalue weighted by Gasteiger charge is -2.06. The fraction of sp³-hybridized carbons (Fsp3) is 0.353. The highest BCUT2D eigenvalue weighted by Gasteiger charge is 2.08. The number of hydrogen-bond donors (Lipinski definition) is 2. The van der Waals surface area contributed by atoms with Gasteiger partial charge in [0.1, 0.15) is 5.75 Å². The highest BCUT2D eigenvalue weighted by molar-refractivity contribution is 5.85. The smallest absolute Gasteiger partial charge is 0.240 e. The maximum Gasteiger partial charge on any atom is 0.240 e. The van der Waals surface area contributed by atoms with Gasteiger partial charge in [0.25, 0.3) is 0 Å². The van der Waals surface area contributed by atoms with Gasteiger partial charge in [0.05, 0.1) is 18.5 Å². The summed E-state index contributed by atoms with van der Waals surface area (Å²) < 4.78 is 5.50. The number of aromatic amines is 1. The summed E-state index contributed by atoms with van der Waals surface area (Å²) in [5.41, 5.74) is 6.40. The quantitative estimate of drug-likeness (QED) is 0.609. The normalized spacial score (nSPS) is 10.9. The van der Waals surface area contributed by atoms with Gasteiger partial charge in [-0.2, -0.15) is 10.2 Å². The Morgan fingerprint density at radius 2 is 2.17 bits per heavy atom. The van der Waals surface area contributed by atoms with Crippen molar-refractivity contribution in [3.63, 3.8) is 0 Å². The largest absolute Gasteiger partial charge is 0.493 e. The molecule has 122 valence electrons. The molecule has 2 aromatic rings. The molecule has 0 aliphatic carbocycles. The molecular formula is C17H22N4O2. The highest BCUT2D eigenvalue weighted by Crippen LogP contribution is 2.15. The van der Waals surface area contributed by atoms with Crippen molar-refractivity contribution in [3.05, 3.63) is 46.8 Å². The van der Waals surface area contributed by atoms with Crippen LogP contribution in [0.5, 0.6) is 5.75 Å². The number of para-hydroxylation sites is 1. The fourth-order valence-corrected chi connectivity index (χ4v) is 2.28. The van der Waals surface area contributed by atoms with Gasteiger partial charge in [-0.05, 0) is 44.9 Å². The van der Waals surface area contributed by atoms with E-state index in [2.05, 4.69) is 20.7 Å². The Labute approximate surface area is 135 Å². The van der Waals surface area contributed by atoms with Crippen LogP contribution in [0.15, 0.2) is 29.4 Å². The summed E-state index contributed by atoms with van der Waals surface area (Å²) in [6.45, 7) is 6.39. The lowest BCUT2D eigenvalue weighted by atomic mass is 10.1. The number of H-pyrrole nitrogens is 1. The van der Waals surface area contributed by atoms with Crippen molar-refractivity contribution in [1.82, 2.24) is 15.6 Å². The number of nitrogens with zero attached hydrogens (tertiary/aromatic N) is 2. The Hall–Kier alpha value is -2.63. The van der Waals surface area contributed by atoms with Crippen molar-refractivity contribution in [2.24, 2.45) is 5.10 Å². The minimum absolute atomic E-state index is 0.129. The molecule has 2 N–H and O–H groups in total. The van der Waals surface area contributed by atoms with Crippen molar-refractivity contribution >= 4 is 12.1 Å². The summed E-state index contributed by atoms with van der Waals surface area (Å²) in [5, 5.41) is 11.0. The first kappa shape index (κ1) is 16.7. The second-order valence-electron chi connectivity index (χ2n) is 5.18. The Balaban J connectivity index is 1.87. The van der Waals surface area contributed by atoms with Crippen LogP contribution in [0.25, 0.3) is 0 Å². The number of carbonyl (C=O) groups excluding carboxylic acids is 1. The second-order valence-corrected chi connectivity index (χ2v) is 5.18. The van der Waals surface area contributed by atoms with E-state index in [1.807, 2.05) is 45.0 Å². The molecule has 0 radical (unpaired) electrons. The second kappa shape index (κ2) is 8.12. The molecule has 1 aromatic carbocycles. The monoisotopic (exact) mass is 314 g/mol. The molecule has 1 heterocycles. The van der Waals surface area contributed by atoms with Crippen molar-refractivity contribution in [2.75, 3.05) is 6.61 Å². The zero-order chi connectivity index (χ0) is 16.7. The molecule has 0 bridgehead atoms. The van der Waals surface area contributed by atoms with Gasteiger partial charge in [0, 0.05) is 17.7 Å². The summed E-state index contributed by atoms with van der Waals surface area (Å²) >= 11 is 0. The molecule has 0 spiro atoms. The van der Waals surface area contributed by atoms with E-state index in [4.69, 9.17) is 4.74 Å². The first-order chi connectivity index (χ1) is 11.1. The number of benzene rings is 1. The minimum Gasteiger partial charge on any atom is -0.493 e. The molecule has 2 rings (SSSR count). The predicted molar refractivity (Wildman–Crippen MR) is 89.7 cm³/mol. The lowest BCUT2D eigenvalue weighted by molar-refractivity contribution is -0.121. The molecular weight excluding hydrogens is 292 g/mol. The zero-order valence-corrected chi connectivity index (χ0v) is 13.7. The number of ether oxygens (including phenoxy) is 1. The molecule has 0 aliphatic heterocycles. The number of hydrogen-bond acceptors (Lipinski definition) is 4. The number of carbonyl (C=O) groups is 1. The van der Waals surface area contributed by atoms with Crippen molar-refractivity contribution in [1.29, 1.82) is 0 Å². The first-order valence-corrected chi connectivity index (χ1v) is 7.66. The molecule has 0 saturated heterocycles. The average Bonchev–Trinajstić information content (AvgIpc) is 2.86. The third-order valence-corrected chi connectivity index (χ3v) is 3.49. The van der Waals surface area contributed by atoms with Crippen LogP contribution in [0, 0.1) is 13.8 Å². The van der Waals surface area contributed by atoms with E-state index in [1.54, 1.807) is 6.21 Å². The molecule has 1 aromatic heterocycles. The Morgan fingerprint density at radius 3 is 2.87 bits per heavy atom. The summed E-state index contributed by atoms with van der Waals surface area (Å²) in [4.78, 5) is 11.9. The molecule has 1 amide bonds. The van der Waals surface area contributed by atoms with Crippen LogP contribution in [-0.2, 0) is 11.2 Å². The van der Waals surface area contributed by atoms with Crippen LogP contribution in [0.2, 0.25) is 0 Å². The van der Waals surface area contributed by atoms with Gasteiger partial charge in [-0.15, -0.1) is 0 Å². The van der Waals surface area contributed by atoms with Gasteiger partial charge in [-0.1, -0.05) is 12.1 Å². The molecule has 0 aliphatic rings. The number of amides is 1. The molecule has 6 nitrogen and oxygen atoms in total. The molecule has 0 unspecified atom stereocenters. The van der Waals surface area contributed by atoms with E-state index < -0.39 is 0 Å². The van der Waals surface area contributed by atoms with E-state index in [0.717, 1.165) is 28.3 Å². The van der Waals surface area contributed by atoms with Crippen LogP contribution in [0.1, 0.15) is 35.9 Å². The van der Waals surface area contributed by atoms with E-state index in [9.17, 15) is 4.79 Å². The van der Waals surface area contributed by atoms with E-state index >= 15 is 0 Å². The van der Waals surface area contributed by atoms with E-state index in [0.29, 0.717) is 19.4 Å². The standard InChI is InChI=1S/C17H22N4O2/c1-4-23-16-8-6-5-7-14(16)11-18-21-17(22)10-9-15-12(2)19-20-13(15)3/h5-8,11H,4,9-10H2,1-3H3,(H,19,20)(H,21,22)/b18-11-. The van der Waals surface area contributed by atoms with Gasteiger partial charge in [-0.3, -0.25) is 9.89 Å². The SMILES string of the molecule is CCOc1ccccc1/C=N\NC(=O)CCc1c(C)n[nH]c1C. The van der Waals surface area contributed by atoms with Gasteiger partial charge in [0.15, 0.2) is 0 Å². The third kappa shape index (κ3) is 4.67. The maximum absolute atomic E-state index is 11.9. The summed E-state index contributed by atoms with van der Waals surface area (Å²) in [6, 6.07) is 7.56. The van der Waals surface area contributed by atoms with Crippen LogP contribution >= 0.6 is 0 Å². The minimum atomic E-state index is -0.129. The zero-order valence-electron chi connectivity index (χ0n) is 13.7. The molecule has 0 atom stereocenters. The first-order valence-electron chi connectivity index (χ1n) is 7.66. The van der Waals surface area contributed by atoms with Gasteiger partial charge >= 0.3 is 0 Å². The van der Waals surface area contributed by atoms with E-state index in [1.165, 1.54) is 0 Å². The number of aryl methyl sites for hydroxylation is 2.